The molecule has 1 aromatic heterocycles. The molecule has 5 nitrogen and oxygen atoms in total. The van der Waals surface area contributed by atoms with Crippen LogP contribution < -0.4 is 5.32 Å². The molecular formula is C15H27Cl2N3O2S. The third-order valence-corrected chi connectivity index (χ3v) is 4.62. The number of halogens is 2. The summed E-state index contributed by atoms with van der Waals surface area (Å²) in [6.07, 6.45) is 2.63. The minimum atomic E-state index is 0. The Bertz CT molecular complexity index is 469. The second-order valence-electron chi connectivity index (χ2n) is 5.60. The number of thiazole rings is 1. The van der Waals surface area contributed by atoms with Crippen molar-refractivity contribution in [1.29, 1.82) is 0 Å². The lowest BCUT2D eigenvalue weighted by atomic mass is 10.4. The predicted molar refractivity (Wildman–Crippen MR) is 98.7 cm³/mol. The number of aromatic nitrogens is 1. The van der Waals surface area contributed by atoms with Gasteiger partial charge in [-0.1, -0.05) is 0 Å². The molecular weight excluding hydrogens is 357 g/mol. The Hall–Kier alpha value is -0.400. The van der Waals surface area contributed by atoms with Crippen LogP contribution in [0.4, 0.5) is 0 Å². The van der Waals surface area contributed by atoms with Gasteiger partial charge in [0.15, 0.2) is 0 Å². The van der Waals surface area contributed by atoms with E-state index in [4.69, 9.17) is 4.74 Å². The molecule has 1 saturated carbocycles. The normalized spacial score (nSPS) is 14.6. The van der Waals surface area contributed by atoms with Gasteiger partial charge in [0.25, 0.3) is 0 Å². The Morgan fingerprint density at radius 3 is 2.83 bits per heavy atom. The molecule has 134 valence electrons. The fraction of sp³-hybridized carbons (Fsp3) is 0.733. The van der Waals surface area contributed by atoms with Gasteiger partial charge in [-0.05, 0) is 39.2 Å². The van der Waals surface area contributed by atoms with Gasteiger partial charge in [-0.2, -0.15) is 0 Å². The molecule has 1 aromatic rings. The molecule has 2 rings (SSSR count). The number of carbonyl (C=O) groups excluding carboxylic acids is 1. The molecule has 0 aromatic carbocycles. The molecule has 0 saturated heterocycles. The van der Waals surface area contributed by atoms with Gasteiger partial charge in [0, 0.05) is 19.0 Å². The number of rotatable bonds is 9. The van der Waals surface area contributed by atoms with Gasteiger partial charge in [-0.15, -0.1) is 36.2 Å². The number of amides is 1. The molecule has 0 bridgehead atoms. The summed E-state index contributed by atoms with van der Waals surface area (Å²) in [7, 11) is 1.83. The van der Waals surface area contributed by atoms with E-state index in [9.17, 15) is 4.79 Å². The van der Waals surface area contributed by atoms with Crippen LogP contribution in [0.2, 0.25) is 0 Å². The van der Waals surface area contributed by atoms with E-state index >= 15 is 0 Å². The van der Waals surface area contributed by atoms with E-state index in [0.717, 1.165) is 23.2 Å². The highest BCUT2D eigenvalue weighted by Crippen LogP contribution is 2.27. The average molecular weight is 384 g/mol. The first kappa shape index (κ1) is 22.6. The number of carbonyl (C=O) groups is 1. The number of hydrogen-bond donors (Lipinski definition) is 1. The number of hydrogen-bond acceptors (Lipinski definition) is 5. The second-order valence-corrected chi connectivity index (χ2v) is 6.49. The smallest absolute Gasteiger partial charge is 0.236 e. The zero-order chi connectivity index (χ0) is 15.2. The molecule has 1 heterocycles. The standard InChI is InChI=1S/C15H25N3O2S.2ClH/c1-4-20-11(2)15-17-13(10-21-15)9-18(3)14(19)8-16-7-12-5-6-12;;/h10-12,16H,4-9H2,1-3H3;2*1H. The highest BCUT2D eigenvalue weighted by molar-refractivity contribution is 7.09. The summed E-state index contributed by atoms with van der Waals surface area (Å²) in [4.78, 5) is 18.3. The molecule has 1 fully saturated rings. The van der Waals surface area contributed by atoms with Crippen LogP contribution in [-0.2, 0) is 16.1 Å². The van der Waals surface area contributed by atoms with Crippen LogP contribution in [0.15, 0.2) is 5.38 Å². The summed E-state index contributed by atoms with van der Waals surface area (Å²) in [5.74, 6) is 0.910. The van der Waals surface area contributed by atoms with Gasteiger partial charge in [-0.3, -0.25) is 4.79 Å². The Balaban J connectivity index is 0.00000242. The van der Waals surface area contributed by atoms with Crippen molar-refractivity contribution in [3.63, 3.8) is 0 Å². The Morgan fingerprint density at radius 2 is 2.22 bits per heavy atom. The van der Waals surface area contributed by atoms with Crippen LogP contribution in [0.25, 0.3) is 0 Å². The van der Waals surface area contributed by atoms with Gasteiger partial charge in [0.2, 0.25) is 5.91 Å². The van der Waals surface area contributed by atoms with Crippen LogP contribution in [0.1, 0.15) is 43.5 Å². The predicted octanol–water partition coefficient (Wildman–Crippen LogP) is 3.04. The van der Waals surface area contributed by atoms with Crippen molar-refractivity contribution >= 4 is 42.1 Å². The monoisotopic (exact) mass is 383 g/mol. The first-order chi connectivity index (χ1) is 10.1. The van der Waals surface area contributed by atoms with Crippen molar-refractivity contribution in [2.75, 3.05) is 26.7 Å². The van der Waals surface area contributed by atoms with E-state index in [0.29, 0.717) is 19.7 Å². The first-order valence-corrected chi connectivity index (χ1v) is 8.48. The van der Waals surface area contributed by atoms with E-state index in [1.54, 1.807) is 16.2 Å². The molecule has 1 amide bonds. The van der Waals surface area contributed by atoms with Gasteiger partial charge in [0.1, 0.15) is 11.1 Å². The molecule has 1 atom stereocenters. The summed E-state index contributed by atoms with van der Waals surface area (Å²) >= 11 is 1.59. The maximum Gasteiger partial charge on any atom is 0.236 e. The van der Waals surface area contributed by atoms with Crippen LogP contribution in [0.3, 0.4) is 0 Å². The maximum atomic E-state index is 12.0. The summed E-state index contributed by atoms with van der Waals surface area (Å²) in [5, 5.41) is 6.20. The van der Waals surface area contributed by atoms with E-state index in [-0.39, 0.29) is 36.8 Å². The van der Waals surface area contributed by atoms with Crippen molar-refractivity contribution in [3.05, 3.63) is 16.1 Å². The van der Waals surface area contributed by atoms with Crippen molar-refractivity contribution < 1.29 is 9.53 Å². The van der Waals surface area contributed by atoms with Gasteiger partial charge >= 0.3 is 0 Å². The minimum absolute atomic E-state index is 0. The first-order valence-electron chi connectivity index (χ1n) is 7.60. The lowest BCUT2D eigenvalue weighted by Gasteiger charge is -2.16. The number of likely N-dealkylation sites (N-methyl/N-ethyl adjacent to an activating group) is 1. The Morgan fingerprint density at radius 1 is 1.52 bits per heavy atom. The van der Waals surface area contributed by atoms with E-state index < -0.39 is 0 Å². The van der Waals surface area contributed by atoms with Gasteiger partial charge in [-0.25, -0.2) is 4.98 Å². The fourth-order valence-corrected chi connectivity index (χ4v) is 2.89. The van der Waals surface area contributed by atoms with Gasteiger partial charge in [0.05, 0.1) is 18.8 Å². The topological polar surface area (TPSA) is 54.5 Å². The molecule has 1 aliphatic carbocycles. The average Bonchev–Trinajstić information content (AvgIpc) is 3.16. The van der Waals surface area contributed by atoms with Crippen LogP contribution >= 0.6 is 36.2 Å². The zero-order valence-corrected chi connectivity index (χ0v) is 16.4. The van der Waals surface area contributed by atoms with Crippen molar-refractivity contribution in [3.8, 4) is 0 Å². The van der Waals surface area contributed by atoms with Crippen molar-refractivity contribution in [2.24, 2.45) is 5.92 Å². The third-order valence-electron chi connectivity index (χ3n) is 3.57. The third kappa shape index (κ3) is 7.81. The quantitative estimate of drug-likeness (QED) is 0.711. The minimum Gasteiger partial charge on any atom is -0.372 e. The number of nitrogens with one attached hydrogen (secondary N) is 1. The number of ether oxygens (including phenoxy) is 1. The molecule has 0 spiro atoms. The highest BCUT2D eigenvalue weighted by atomic mass is 35.5. The largest absolute Gasteiger partial charge is 0.372 e. The lowest BCUT2D eigenvalue weighted by Crippen LogP contribution is -2.35. The lowest BCUT2D eigenvalue weighted by molar-refractivity contribution is -0.129. The summed E-state index contributed by atoms with van der Waals surface area (Å²) < 4.78 is 5.53. The zero-order valence-electron chi connectivity index (χ0n) is 13.9. The molecule has 1 aliphatic rings. The SMILES string of the molecule is CCOC(C)c1nc(CN(C)C(=O)CNCC2CC2)cs1.Cl.Cl. The fourth-order valence-electron chi connectivity index (χ4n) is 2.07. The number of nitrogens with zero attached hydrogens (tertiary/aromatic N) is 2. The Labute approximate surface area is 155 Å². The molecule has 0 radical (unpaired) electrons. The molecule has 0 aliphatic heterocycles. The van der Waals surface area contributed by atoms with Gasteiger partial charge < -0.3 is 15.0 Å². The van der Waals surface area contributed by atoms with E-state index in [2.05, 4.69) is 10.3 Å². The highest BCUT2D eigenvalue weighted by Gasteiger charge is 2.21. The molecule has 1 N–H and O–H groups in total. The maximum absolute atomic E-state index is 12.0. The second kappa shape index (κ2) is 11.2. The molecule has 23 heavy (non-hydrogen) atoms. The van der Waals surface area contributed by atoms with Crippen molar-refractivity contribution in [1.82, 2.24) is 15.2 Å². The summed E-state index contributed by atoms with van der Waals surface area (Å²) in [6.45, 7) is 6.60. The summed E-state index contributed by atoms with van der Waals surface area (Å²) in [6, 6.07) is 0. The van der Waals surface area contributed by atoms with Crippen molar-refractivity contribution in [2.45, 2.75) is 39.3 Å². The molecule has 8 heteroatoms. The van der Waals surface area contributed by atoms with E-state index in [1.807, 2.05) is 26.3 Å². The van der Waals surface area contributed by atoms with Crippen LogP contribution in [0.5, 0.6) is 0 Å². The van der Waals surface area contributed by atoms with Crippen LogP contribution in [-0.4, -0.2) is 42.5 Å². The molecule has 1 unspecified atom stereocenters. The summed E-state index contributed by atoms with van der Waals surface area (Å²) in [5.41, 5.74) is 0.930. The van der Waals surface area contributed by atoms with Crippen LogP contribution in [0, 0.1) is 5.92 Å². The van der Waals surface area contributed by atoms with E-state index in [1.165, 1.54) is 12.8 Å². The Kier molecular flexibility index (Phi) is 11.0.